The van der Waals surface area contributed by atoms with E-state index < -0.39 is 0 Å². The van der Waals surface area contributed by atoms with Crippen LogP contribution in [-0.4, -0.2) is 44.6 Å². The third-order valence-electron chi connectivity index (χ3n) is 5.36. The predicted octanol–water partition coefficient (Wildman–Crippen LogP) is 3.04. The van der Waals surface area contributed by atoms with Gasteiger partial charge in [0.15, 0.2) is 5.65 Å². The molecule has 1 aromatic carbocycles. The normalized spacial score (nSPS) is 21.9. The summed E-state index contributed by atoms with van der Waals surface area (Å²) >= 11 is 0. The Morgan fingerprint density at radius 3 is 3.11 bits per heavy atom. The van der Waals surface area contributed by atoms with Crippen LogP contribution in [-0.2, 0) is 0 Å². The SMILES string of the molecule is C[C@H]1Nc2ccn3ncc(c3n2)C(=O)N2CCCC(C2)Oc2ccc(F)cc21. The molecule has 1 unspecified atom stereocenters. The minimum Gasteiger partial charge on any atom is -0.488 e. The number of hydrogen-bond acceptors (Lipinski definition) is 5. The molecule has 0 aliphatic carbocycles. The molecule has 2 aliphatic rings. The molecule has 1 saturated heterocycles. The minimum atomic E-state index is -0.317. The maximum absolute atomic E-state index is 13.9. The largest absolute Gasteiger partial charge is 0.488 e. The molecule has 28 heavy (non-hydrogen) atoms. The van der Waals surface area contributed by atoms with Crippen molar-refractivity contribution in [2.24, 2.45) is 0 Å². The summed E-state index contributed by atoms with van der Waals surface area (Å²) in [5.74, 6) is 0.799. The van der Waals surface area contributed by atoms with Crippen molar-refractivity contribution in [1.29, 1.82) is 0 Å². The van der Waals surface area contributed by atoms with Gasteiger partial charge in [0.1, 0.15) is 29.1 Å². The Kier molecular flexibility index (Phi) is 3.92. The molecule has 3 aromatic rings. The number of nitrogens with one attached hydrogen (secondary N) is 1. The van der Waals surface area contributed by atoms with Crippen LogP contribution in [0, 0.1) is 5.82 Å². The number of fused-ring (bicyclic) bond motifs is 4. The number of benzene rings is 1. The van der Waals surface area contributed by atoms with Crippen molar-refractivity contribution < 1.29 is 13.9 Å². The van der Waals surface area contributed by atoms with Crippen LogP contribution in [0.1, 0.15) is 41.7 Å². The number of hydrogen-bond donors (Lipinski definition) is 1. The first-order chi connectivity index (χ1) is 13.6. The Bertz CT molecular complexity index is 1070. The molecule has 5 rings (SSSR count). The van der Waals surface area contributed by atoms with Gasteiger partial charge < -0.3 is 15.0 Å². The van der Waals surface area contributed by atoms with E-state index in [1.54, 1.807) is 33.9 Å². The second-order valence-electron chi connectivity index (χ2n) is 7.32. The number of nitrogens with zero attached hydrogens (tertiary/aromatic N) is 4. The minimum absolute atomic E-state index is 0.0976. The highest BCUT2D eigenvalue weighted by Crippen LogP contribution is 2.31. The molecule has 0 spiro atoms. The van der Waals surface area contributed by atoms with Gasteiger partial charge in [-0.1, -0.05) is 0 Å². The number of piperidine rings is 1. The van der Waals surface area contributed by atoms with Gasteiger partial charge in [-0.3, -0.25) is 4.79 Å². The molecule has 2 atom stereocenters. The van der Waals surface area contributed by atoms with Gasteiger partial charge >= 0.3 is 0 Å². The van der Waals surface area contributed by atoms with Crippen LogP contribution in [0.5, 0.6) is 5.75 Å². The number of halogens is 1. The topological polar surface area (TPSA) is 71.8 Å². The van der Waals surface area contributed by atoms with Crippen LogP contribution in [0.15, 0.2) is 36.7 Å². The molecule has 0 saturated carbocycles. The lowest BCUT2D eigenvalue weighted by molar-refractivity contribution is 0.0537. The van der Waals surface area contributed by atoms with Crippen LogP contribution in [0.3, 0.4) is 0 Å². The number of amides is 1. The summed E-state index contributed by atoms with van der Waals surface area (Å²) in [5, 5.41) is 7.54. The van der Waals surface area contributed by atoms with E-state index in [2.05, 4.69) is 15.4 Å². The lowest BCUT2D eigenvalue weighted by atomic mass is 10.0. The highest BCUT2D eigenvalue weighted by atomic mass is 19.1. The maximum atomic E-state index is 13.9. The first kappa shape index (κ1) is 17.0. The van der Waals surface area contributed by atoms with Crippen molar-refractivity contribution in [2.45, 2.75) is 31.9 Å². The molecule has 7 nitrogen and oxygen atoms in total. The van der Waals surface area contributed by atoms with Crippen molar-refractivity contribution in [3.05, 3.63) is 53.6 Å². The van der Waals surface area contributed by atoms with E-state index in [0.717, 1.165) is 18.4 Å². The van der Waals surface area contributed by atoms with Crippen LogP contribution >= 0.6 is 0 Å². The van der Waals surface area contributed by atoms with Crippen LogP contribution < -0.4 is 10.1 Å². The van der Waals surface area contributed by atoms with Gasteiger partial charge in [-0.15, -0.1) is 0 Å². The molecule has 2 aromatic heterocycles. The molecular weight excluding hydrogens is 361 g/mol. The van der Waals surface area contributed by atoms with Gasteiger partial charge in [-0.25, -0.2) is 13.9 Å². The zero-order valence-electron chi connectivity index (χ0n) is 15.4. The molecule has 8 heteroatoms. The van der Waals surface area contributed by atoms with Gasteiger partial charge in [0.25, 0.3) is 5.91 Å². The highest BCUT2D eigenvalue weighted by molar-refractivity contribution is 5.99. The fourth-order valence-corrected chi connectivity index (χ4v) is 3.93. The summed E-state index contributed by atoms with van der Waals surface area (Å²) in [6.45, 7) is 3.08. The van der Waals surface area contributed by atoms with E-state index in [1.807, 2.05) is 6.92 Å². The average Bonchev–Trinajstić information content (AvgIpc) is 3.11. The fraction of sp³-hybridized carbons (Fsp3) is 0.350. The number of carbonyl (C=O) groups is 1. The highest BCUT2D eigenvalue weighted by Gasteiger charge is 2.29. The molecule has 4 heterocycles. The zero-order valence-corrected chi connectivity index (χ0v) is 15.4. The van der Waals surface area contributed by atoms with E-state index in [9.17, 15) is 9.18 Å². The molecule has 144 valence electrons. The number of carbonyl (C=O) groups excluding carboxylic acids is 1. The number of anilines is 1. The number of rotatable bonds is 0. The van der Waals surface area contributed by atoms with Crippen molar-refractivity contribution in [1.82, 2.24) is 19.5 Å². The van der Waals surface area contributed by atoms with Crippen molar-refractivity contribution >= 4 is 17.4 Å². The predicted molar refractivity (Wildman–Crippen MR) is 101 cm³/mol. The first-order valence-corrected chi connectivity index (χ1v) is 9.45. The Morgan fingerprint density at radius 2 is 2.21 bits per heavy atom. The number of ether oxygens (including phenoxy) is 1. The smallest absolute Gasteiger partial charge is 0.259 e. The molecule has 1 amide bonds. The molecule has 1 N–H and O–H groups in total. The summed E-state index contributed by atoms with van der Waals surface area (Å²) in [7, 11) is 0. The van der Waals surface area contributed by atoms with E-state index in [4.69, 9.17) is 4.74 Å². The number of aromatic nitrogens is 3. The fourth-order valence-electron chi connectivity index (χ4n) is 3.93. The van der Waals surface area contributed by atoms with Crippen molar-refractivity contribution in [3.63, 3.8) is 0 Å². The lowest BCUT2D eigenvalue weighted by Crippen LogP contribution is -2.44. The molecule has 4 bridgehead atoms. The van der Waals surface area contributed by atoms with Gasteiger partial charge in [0.05, 0.1) is 18.8 Å². The van der Waals surface area contributed by atoms with E-state index in [0.29, 0.717) is 35.9 Å². The molecule has 1 fully saturated rings. The standard InChI is InChI=1S/C20H20FN5O2/c1-12-15-9-13(21)4-5-17(15)28-14-3-2-7-25(11-14)20(27)16-10-22-26-8-6-18(23-12)24-19(16)26/h4-6,8-10,12,14H,2-3,7,11H2,1H3,(H,23,24)/t12-,14?/m1/s1. The van der Waals surface area contributed by atoms with Gasteiger partial charge in [0.2, 0.25) is 0 Å². The second kappa shape index (κ2) is 6.47. The van der Waals surface area contributed by atoms with E-state index in [-0.39, 0.29) is 23.9 Å². The van der Waals surface area contributed by atoms with Crippen LogP contribution in [0.2, 0.25) is 0 Å². The molecule has 0 radical (unpaired) electrons. The zero-order chi connectivity index (χ0) is 19.3. The molecule has 2 aliphatic heterocycles. The van der Waals surface area contributed by atoms with Crippen molar-refractivity contribution in [2.75, 3.05) is 18.4 Å². The average molecular weight is 381 g/mol. The summed E-state index contributed by atoms with van der Waals surface area (Å²) in [6, 6.07) is 6.10. The third-order valence-corrected chi connectivity index (χ3v) is 5.36. The van der Waals surface area contributed by atoms with Gasteiger partial charge in [-0.05, 0) is 44.0 Å². The Morgan fingerprint density at radius 1 is 1.32 bits per heavy atom. The third kappa shape index (κ3) is 2.85. The maximum Gasteiger partial charge on any atom is 0.259 e. The molecular formula is C20H20FN5O2. The Balaban J connectivity index is 1.65. The monoisotopic (exact) mass is 381 g/mol. The van der Waals surface area contributed by atoms with Gasteiger partial charge in [-0.2, -0.15) is 5.10 Å². The quantitative estimate of drug-likeness (QED) is 0.648. The van der Waals surface area contributed by atoms with Crippen LogP contribution in [0.4, 0.5) is 10.2 Å². The van der Waals surface area contributed by atoms with E-state index in [1.165, 1.54) is 12.1 Å². The summed E-state index contributed by atoms with van der Waals surface area (Å²) in [6.07, 6.45) is 4.87. The summed E-state index contributed by atoms with van der Waals surface area (Å²) < 4.78 is 21.8. The van der Waals surface area contributed by atoms with E-state index >= 15 is 0 Å². The lowest BCUT2D eigenvalue weighted by Gasteiger charge is -2.33. The summed E-state index contributed by atoms with van der Waals surface area (Å²) in [5.41, 5.74) is 1.70. The Hall–Kier alpha value is -3.16. The Labute approximate surface area is 161 Å². The van der Waals surface area contributed by atoms with Crippen LogP contribution in [0.25, 0.3) is 5.65 Å². The second-order valence-corrected chi connectivity index (χ2v) is 7.32. The van der Waals surface area contributed by atoms with Crippen molar-refractivity contribution in [3.8, 4) is 5.75 Å². The summed E-state index contributed by atoms with van der Waals surface area (Å²) in [4.78, 5) is 19.5. The first-order valence-electron chi connectivity index (χ1n) is 9.45. The van der Waals surface area contributed by atoms with Gasteiger partial charge in [0, 0.05) is 18.3 Å².